The number of sulfonamides is 1. The molecule has 0 aromatic heterocycles. The van der Waals surface area contributed by atoms with Crippen LogP contribution in [-0.2, 0) is 10.0 Å². The summed E-state index contributed by atoms with van der Waals surface area (Å²) in [5, 5.41) is 2.62. The third-order valence-electron chi connectivity index (χ3n) is 3.19. The van der Waals surface area contributed by atoms with Crippen molar-refractivity contribution in [2.24, 2.45) is 0 Å². The summed E-state index contributed by atoms with van der Waals surface area (Å²) in [6.45, 7) is 3.86. The number of rotatable bonds is 7. The van der Waals surface area contributed by atoms with E-state index in [9.17, 15) is 13.2 Å². The van der Waals surface area contributed by atoms with Gasteiger partial charge in [0.05, 0.1) is 17.7 Å². The van der Waals surface area contributed by atoms with Gasteiger partial charge in [-0.1, -0.05) is 18.2 Å². The summed E-state index contributed by atoms with van der Waals surface area (Å²) in [6.07, 6.45) is 1.56. The highest BCUT2D eigenvalue weighted by molar-refractivity contribution is 7.92. The maximum atomic E-state index is 12.4. The largest absolute Gasteiger partial charge is 0.495 e. The van der Waals surface area contributed by atoms with Gasteiger partial charge >= 0.3 is 0 Å². The first kappa shape index (κ1) is 17.6. The molecule has 1 amide bonds. The van der Waals surface area contributed by atoms with Crippen molar-refractivity contribution in [3.63, 3.8) is 0 Å². The van der Waals surface area contributed by atoms with Crippen LogP contribution in [0.2, 0.25) is 0 Å². The van der Waals surface area contributed by atoms with E-state index in [1.807, 2.05) is 0 Å². The van der Waals surface area contributed by atoms with Crippen LogP contribution in [-0.4, -0.2) is 28.0 Å². The summed E-state index contributed by atoms with van der Waals surface area (Å²) in [5.74, 6) is 0.123. The summed E-state index contributed by atoms with van der Waals surface area (Å²) in [5.41, 5.74) is 0.709. The molecule has 2 aromatic rings. The van der Waals surface area contributed by atoms with Crippen LogP contribution in [0.4, 0.5) is 5.69 Å². The number of benzene rings is 2. The first-order valence-electron chi connectivity index (χ1n) is 7.13. The molecule has 0 aliphatic carbocycles. The molecule has 7 heteroatoms. The van der Waals surface area contributed by atoms with Crippen molar-refractivity contribution in [1.82, 2.24) is 5.32 Å². The molecule has 0 aliphatic rings. The van der Waals surface area contributed by atoms with Crippen molar-refractivity contribution in [3.8, 4) is 5.75 Å². The molecule has 0 saturated heterocycles. The maximum Gasteiger partial charge on any atom is 0.262 e. The van der Waals surface area contributed by atoms with Gasteiger partial charge in [0.1, 0.15) is 5.75 Å². The van der Waals surface area contributed by atoms with Crippen molar-refractivity contribution in [3.05, 3.63) is 66.7 Å². The molecule has 24 heavy (non-hydrogen) atoms. The fourth-order valence-electron chi connectivity index (χ4n) is 1.99. The van der Waals surface area contributed by atoms with Gasteiger partial charge in [0.25, 0.3) is 15.9 Å². The summed E-state index contributed by atoms with van der Waals surface area (Å²) < 4.78 is 32.5. The molecule has 126 valence electrons. The number of methoxy groups -OCH3 is 1. The van der Waals surface area contributed by atoms with E-state index < -0.39 is 10.0 Å². The average molecular weight is 346 g/mol. The molecule has 0 aliphatic heterocycles. The van der Waals surface area contributed by atoms with Crippen molar-refractivity contribution in [2.45, 2.75) is 4.90 Å². The maximum absolute atomic E-state index is 12.4. The van der Waals surface area contributed by atoms with Gasteiger partial charge in [-0.2, -0.15) is 0 Å². The van der Waals surface area contributed by atoms with Crippen LogP contribution in [0, 0.1) is 0 Å². The molecule has 0 unspecified atom stereocenters. The third kappa shape index (κ3) is 4.14. The SMILES string of the molecule is C=CCNC(=O)c1ccc(S(=O)(=O)Nc2ccccc2OC)cc1. The Labute approximate surface area is 141 Å². The Bertz CT molecular complexity index is 830. The highest BCUT2D eigenvalue weighted by atomic mass is 32.2. The van der Waals surface area contributed by atoms with Crippen molar-refractivity contribution >= 4 is 21.6 Å². The number of ether oxygens (including phenoxy) is 1. The first-order chi connectivity index (χ1) is 11.5. The number of nitrogens with one attached hydrogen (secondary N) is 2. The lowest BCUT2D eigenvalue weighted by atomic mass is 10.2. The number of para-hydroxylation sites is 2. The molecule has 2 rings (SSSR count). The van der Waals surface area contributed by atoms with Gasteiger partial charge in [-0.3, -0.25) is 9.52 Å². The monoisotopic (exact) mass is 346 g/mol. The number of carbonyl (C=O) groups excluding carboxylic acids is 1. The Hall–Kier alpha value is -2.80. The normalized spacial score (nSPS) is 10.7. The number of hydrogen-bond donors (Lipinski definition) is 2. The molecule has 0 spiro atoms. The Morgan fingerprint density at radius 3 is 2.46 bits per heavy atom. The number of carbonyl (C=O) groups is 1. The Morgan fingerprint density at radius 1 is 1.17 bits per heavy atom. The Balaban J connectivity index is 2.20. The second-order valence-electron chi connectivity index (χ2n) is 4.83. The molecule has 6 nitrogen and oxygen atoms in total. The Kier molecular flexibility index (Phi) is 5.59. The fourth-order valence-corrected chi connectivity index (χ4v) is 3.06. The summed E-state index contributed by atoms with van der Waals surface area (Å²) in [4.78, 5) is 11.8. The number of hydrogen-bond acceptors (Lipinski definition) is 4. The fraction of sp³-hybridized carbons (Fsp3) is 0.118. The molecule has 0 atom stereocenters. The predicted octanol–water partition coefficient (Wildman–Crippen LogP) is 2.41. The van der Waals surface area contributed by atoms with Crippen LogP contribution in [0.15, 0.2) is 66.1 Å². The molecule has 2 N–H and O–H groups in total. The Morgan fingerprint density at radius 2 is 1.83 bits per heavy atom. The van der Waals surface area contributed by atoms with Gasteiger partial charge in [-0.15, -0.1) is 6.58 Å². The second kappa shape index (κ2) is 7.65. The summed E-state index contributed by atoms with van der Waals surface area (Å²) in [6, 6.07) is 12.4. The van der Waals surface area contributed by atoms with Crippen LogP contribution in [0.1, 0.15) is 10.4 Å². The molecule has 0 heterocycles. The highest BCUT2D eigenvalue weighted by Gasteiger charge is 2.17. The van der Waals surface area contributed by atoms with Gasteiger partial charge in [0.2, 0.25) is 0 Å². The topological polar surface area (TPSA) is 84.5 Å². The van der Waals surface area contributed by atoms with E-state index in [1.54, 1.807) is 30.3 Å². The van der Waals surface area contributed by atoms with Gasteiger partial charge in [0, 0.05) is 12.1 Å². The van der Waals surface area contributed by atoms with Crippen LogP contribution in [0.3, 0.4) is 0 Å². The van der Waals surface area contributed by atoms with Gasteiger partial charge in [0.15, 0.2) is 0 Å². The molecule has 0 radical (unpaired) electrons. The average Bonchev–Trinajstić information content (AvgIpc) is 2.60. The standard InChI is InChI=1S/C17H18N2O4S/c1-3-12-18-17(20)13-8-10-14(11-9-13)24(21,22)19-15-6-4-5-7-16(15)23-2/h3-11,19H,1,12H2,2H3,(H,18,20). The predicted molar refractivity (Wildman–Crippen MR) is 92.8 cm³/mol. The molecular formula is C17H18N2O4S. The van der Waals surface area contributed by atoms with Crippen molar-refractivity contribution < 1.29 is 17.9 Å². The van der Waals surface area contributed by atoms with Crippen LogP contribution >= 0.6 is 0 Å². The number of anilines is 1. The highest BCUT2D eigenvalue weighted by Crippen LogP contribution is 2.26. The van der Waals surface area contributed by atoms with Crippen LogP contribution < -0.4 is 14.8 Å². The third-order valence-corrected chi connectivity index (χ3v) is 4.57. The zero-order chi connectivity index (χ0) is 17.6. The van der Waals surface area contributed by atoms with E-state index in [1.165, 1.54) is 31.4 Å². The summed E-state index contributed by atoms with van der Waals surface area (Å²) >= 11 is 0. The zero-order valence-electron chi connectivity index (χ0n) is 13.2. The van der Waals surface area contributed by atoms with E-state index in [0.29, 0.717) is 23.5 Å². The summed E-state index contributed by atoms with van der Waals surface area (Å²) in [7, 11) is -2.32. The first-order valence-corrected chi connectivity index (χ1v) is 8.61. The molecular weight excluding hydrogens is 328 g/mol. The van der Waals surface area contributed by atoms with E-state index in [0.717, 1.165) is 0 Å². The minimum absolute atomic E-state index is 0.0497. The van der Waals surface area contributed by atoms with Crippen molar-refractivity contribution in [1.29, 1.82) is 0 Å². The molecule has 2 aromatic carbocycles. The van der Waals surface area contributed by atoms with Gasteiger partial charge in [-0.25, -0.2) is 8.42 Å². The molecule has 0 bridgehead atoms. The van der Waals surface area contributed by atoms with E-state index >= 15 is 0 Å². The minimum atomic E-state index is -3.78. The zero-order valence-corrected chi connectivity index (χ0v) is 14.0. The van der Waals surface area contributed by atoms with Gasteiger partial charge < -0.3 is 10.1 Å². The van der Waals surface area contributed by atoms with Crippen LogP contribution in [0.25, 0.3) is 0 Å². The second-order valence-corrected chi connectivity index (χ2v) is 6.51. The van der Waals surface area contributed by atoms with E-state index in [4.69, 9.17) is 4.74 Å². The smallest absolute Gasteiger partial charge is 0.262 e. The molecule has 0 fully saturated rings. The lowest BCUT2D eigenvalue weighted by Crippen LogP contribution is -2.23. The minimum Gasteiger partial charge on any atom is -0.495 e. The number of amides is 1. The van der Waals surface area contributed by atoms with E-state index in [2.05, 4.69) is 16.6 Å². The van der Waals surface area contributed by atoms with Gasteiger partial charge in [-0.05, 0) is 36.4 Å². The van der Waals surface area contributed by atoms with Crippen molar-refractivity contribution in [2.75, 3.05) is 18.4 Å². The van der Waals surface area contributed by atoms with Crippen LogP contribution in [0.5, 0.6) is 5.75 Å². The lowest BCUT2D eigenvalue weighted by Gasteiger charge is -2.12. The van der Waals surface area contributed by atoms with E-state index in [-0.39, 0.29) is 10.8 Å². The quantitative estimate of drug-likeness (QED) is 0.754. The lowest BCUT2D eigenvalue weighted by molar-refractivity contribution is 0.0958. The molecule has 0 saturated carbocycles.